The summed E-state index contributed by atoms with van der Waals surface area (Å²) in [6, 6.07) is 3.97. The van der Waals surface area contributed by atoms with Gasteiger partial charge in [0.1, 0.15) is 11.5 Å². The van der Waals surface area contributed by atoms with Crippen molar-refractivity contribution in [1.82, 2.24) is 5.43 Å². The van der Waals surface area contributed by atoms with E-state index in [2.05, 4.69) is 18.9 Å². The molecule has 0 aromatic carbocycles. The van der Waals surface area contributed by atoms with E-state index in [9.17, 15) is 0 Å². The van der Waals surface area contributed by atoms with Gasteiger partial charge in [-0.05, 0) is 18.6 Å². The van der Waals surface area contributed by atoms with Gasteiger partial charge in [0.05, 0.1) is 6.04 Å². The molecule has 13 heavy (non-hydrogen) atoms. The van der Waals surface area contributed by atoms with Gasteiger partial charge in [-0.3, -0.25) is 5.84 Å². The van der Waals surface area contributed by atoms with Crippen molar-refractivity contribution in [2.45, 2.75) is 25.8 Å². The van der Waals surface area contributed by atoms with Crippen LogP contribution in [-0.4, -0.2) is 0 Å². The lowest BCUT2D eigenvalue weighted by Gasteiger charge is -2.09. The standard InChI is InChI=1S/C10H16N2O/c1-3-5-9(12-11)10-7-6-8(4-2)13-10/h3,6-7,9,12H,1,4-5,11H2,2H3. The quantitative estimate of drug-likeness (QED) is 0.413. The maximum Gasteiger partial charge on any atom is 0.122 e. The molecule has 72 valence electrons. The second-order valence-electron chi connectivity index (χ2n) is 2.90. The summed E-state index contributed by atoms with van der Waals surface area (Å²) >= 11 is 0. The van der Waals surface area contributed by atoms with E-state index in [1.807, 2.05) is 18.2 Å². The Bertz CT molecular complexity index is 268. The van der Waals surface area contributed by atoms with E-state index in [1.165, 1.54) is 0 Å². The van der Waals surface area contributed by atoms with Crippen molar-refractivity contribution in [3.63, 3.8) is 0 Å². The highest BCUT2D eigenvalue weighted by Gasteiger charge is 2.11. The molecule has 3 N–H and O–H groups in total. The van der Waals surface area contributed by atoms with Gasteiger partial charge < -0.3 is 4.42 Å². The molecule has 0 fully saturated rings. The van der Waals surface area contributed by atoms with E-state index in [4.69, 9.17) is 10.3 Å². The molecule has 0 amide bonds. The number of aryl methyl sites for hydroxylation is 1. The maximum atomic E-state index is 5.55. The minimum Gasteiger partial charge on any atom is -0.464 e. The first-order valence-electron chi connectivity index (χ1n) is 4.47. The zero-order valence-corrected chi connectivity index (χ0v) is 7.92. The van der Waals surface area contributed by atoms with Gasteiger partial charge in [0.25, 0.3) is 0 Å². The number of rotatable bonds is 5. The average molecular weight is 180 g/mol. The summed E-state index contributed by atoms with van der Waals surface area (Å²) in [7, 11) is 0. The fourth-order valence-electron chi connectivity index (χ4n) is 1.20. The Morgan fingerprint density at radius 3 is 2.92 bits per heavy atom. The van der Waals surface area contributed by atoms with Crippen molar-refractivity contribution >= 4 is 0 Å². The van der Waals surface area contributed by atoms with E-state index in [1.54, 1.807) is 0 Å². The van der Waals surface area contributed by atoms with Gasteiger partial charge in [0.2, 0.25) is 0 Å². The summed E-state index contributed by atoms with van der Waals surface area (Å²) < 4.78 is 5.55. The molecule has 0 saturated heterocycles. The first kappa shape index (κ1) is 10.0. The average Bonchev–Trinajstić information content (AvgIpc) is 2.62. The minimum absolute atomic E-state index is 0.0396. The summed E-state index contributed by atoms with van der Waals surface area (Å²) in [6.45, 7) is 5.72. The number of hydrogen-bond acceptors (Lipinski definition) is 3. The third kappa shape index (κ3) is 2.44. The Labute approximate surface area is 78.6 Å². The Balaban J connectivity index is 2.72. The van der Waals surface area contributed by atoms with Gasteiger partial charge in [0.15, 0.2) is 0 Å². The summed E-state index contributed by atoms with van der Waals surface area (Å²) in [4.78, 5) is 0. The first-order valence-corrected chi connectivity index (χ1v) is 4.47. The molecule has 0 aliphatic heterocycles. The van der Waals surface area contributed by atoms with Crippen LogP contribution in [0.25, 0.3) is 0 Å². The zero-order chi connectivity index (χ0) is 9.68. The van der Waals surface area contributed by atoms with Gasteiger partial charge in [-0.1, -0.05) is 13.0 Å². The highest BCUT2D eigenvalue weighted by molar-refractivity contribution is 5.11. The number of furan rings is 1. The molecule has 0 saturated carbocycles. The lowest BCUT2D eigenvalue weighted by atomic mass is 10.2. The van der Waals surface area contributed by atoms with Crippen LogP contribution in [0.5, 0.6) is 0 Å². The second-order valence-corrected chi connectivity index (χ2v) is 2.90. The van der Waals surface area contributed by atoms with Crippen LogP contribution in [0.15, 0.2) is 29.2 Å². The fraction of sp³-hybridized carbons (Fsp3) is 0.400. The predicted octanol–water partition coefficient (Wildman–Crippen LogP) is 1.92. The number of nitrogens with two attached hydrogens (primary N) is 1. The van der Waals surface area contributed by atoms with E-state index < -0.39 is 0 Å². The van der Waals surface area contributed by atoms with Gasteiger partial charge in [-0.2, -0.15) is 0 Å². The van der Waals surface area contributed by atoms with Crippen molar-refractivity contribution in [2.24, 2.45) is 5.84 Å². The molecule has 1 atom stereocenters. The third-order valence-electron chi connectivity index (χ3n) is 1.98. The monoisotopic (exact) mass is 180 g/mol. The van der Waals surface area contributed by atoms with E-state index in [0.29, 0.717) is 0 Å². The predicted molar refractivity (Wildman–Crippen MR) is 53.0 cm³/mol. The van der Waals surface area contributed by atoms with Gasteiger partial charge in [-0.25, -0.2) is 5.43 Å². The van der Waals surface area contributed by atoms with Crippen LogP contribution >= 0.6 is 0 Å². The number of hydrazine groups is 1. The molecule has 3 heteroatoms. The van der Waals surface area contributed by atoms with Crippen LogP contribution in [0, 0.1) is 0 Å². The fourth-order valence-corrected chi connectivity index (χ4v) is 1.20. The Kier molecular flexibility index (Phi) is 3.73. The molecule has 0 bridgehead atoms. The molecular formula is C10H16N2O. The summed E-state index contributed by atoms with van der Waals surface area (Å²) in [5.74, 6) is 7.24. The molecule has 1 aromatic rings. The Morgan fingerprint density at radius 1 is 1.69 bits per heavy atom. The van der Waals surface area contributed by atoms with Crippen molar-refractivity contribution in [3.05, 3.63) is 36.3 Å². The van der Waals surface area contributed by atoms with Crippen LogP contribution in [0.3, 0.4) is 0 Å². The Hall–Kier alpha value is -1.06. The van der Waals surface area contributed by atoms with Crippen molar-refractivity contribution in [1.29, 1.82) is 0 Å². The lowest BCUT2D eigenvalue weighted by molar-refractivity contribution is 0.399. The highest BCUT2D eigenvalue weighted by atomic mass is 16.3. The molecule has 1 heterocycles. The molecule has 0 aliphatic carbocycles. The van der Waals surface area contributed by atoms with Crippen LogP contribution in [0.2, 0.25) is 0 Å². The van der Waals surface area contributed by atoms with E-state index in [0.717, 1.165) is 24.4 Å². The molecule has 1 unspecified atom stereocenters. The molecule has 3 nitrogen and oxygen atoms in total. The summed E-state index contributed by atoms with van der Waals surface area (Å²) in [6.07, 6.45) is 3.50. The molecule has 0 spiro atoms. The van der Waals surface area contributed by atoms with Crippen molar-refractivity contribution in [3.8, 4) is 0 Å². The first-order chi connectivity index (χ1) is 6.31. The topological polar surface area (TPSA) is 51.2 Å². The largest absolute Gasteiger partial charge is 0.464 e. The van der Waals surface area contributed by atoms with Crippen molar-refractivity contribution in [2.75, 3.05) is 0 Å². The Morgan fingerprint density at radius 2 is 2.46 bits per heavy atom. The van der Waals surface area contributed by atoms with Crippen LogP contribution < -0.4 is 11.3 Å². The lowest BCUT2D eigenvalue weighted by Crippen LogP contribution is -2.27. The van der Waals surface area contributed by atoms with Crippen LogP contribution in [-0.2, 0) is 6.42 Å². The molecule has 1 rings (SSSR count). The SMILES string of the molecule is C=CCC(NN)c1ccc(CC)o1. The molecule has 0 radical (unpaired) electrons. The highest BCUT2D eigenvalue weighted by Crippen LogP contribution is 2.19. The smallest absolute Gasteiger partial charge is 0.122 e. The number of nitrogens with one attached hydrogen (secondary N) is 1. The number of hydrogen-bond donors (Lipinski definition) is 2. The van der Waals surface area contributed by atoms with Crippen molar-refractivity contribution < 1.29 is 4.42 Å². The molecule has 0 aliphatic rings. The molecular weight excluding hydrogens is 164 g/mol. The summed E-state index contributed by atoms with van der Waals surface area (Å²) in [5.41, 5.74) is 2.69. The molecule has 1 aromatic heterocycles. The second kappa shape index (κ2) is 4.84. The van der Waals surface area contributed by atoms with Gasteiger partial charge in [0, 0.05) is 6.42 Å². The van der Waals surface area contributed by atoms with E-state index in [-0.39, 0.29) is 6.04 Å². The summed E-state index contributed by atoms with van der Waals surface area (Å²) in [5, 5.41) is 0. The van der Waals surface area contributed by atoms with E-state index >= 15 is 0 Å². The van der Waals surface area contributed by atoms with Gasteiger partial charge in [-0.15, -0.1) is 6.58 Å². The van der Waals surface area contributed by atoms with Crippen LogP contribution in [0.4, 0.5) is 0 Å². The van der Waals surface area contributed by atoms with Gasteiger partial charge >= 0.3 is 0 Å². The normalized spacial score (nSPS) is 12.8. The van der Waals surface area contributed by atoms with Crippen LogP contribution in [0.1, 0.15) is 30.9 Å². The minimum atomic E-state index is 0.0396. The zero-order valence-electron chi connectivity index (χ0n) is 7.92. The third-order valence-corrected chi connectivity index (χ3v) is 1.98. The maximum absolute atomic E-state index is 5.55.